The van der Waals surface area contributed by atoms with E-state index in [4.69, 9.17) is 23.2 Å². The second-order valence-electron chi connectivity index (χ2n) is 5.04. The van der Waals surface area contributed by atoms with E-state index in [0.29, 0.717) is 10.9 Å². The minimum Gasteiger partial charge on any atom is -0.368 e. The molecule has 110 valence electrons. The maximum atomic E-state index is 6.06. The van der Waals surface area contributed by atoms with E-state index in [1.807, 2.05) is 18.2 Å². The summed E-state index contributed by atoms with van der Waals surface area (Å²) in [7, 11) is 0. The summed E-state index contributed by atoms with van der Waals surface area (Å²) in [6.45, 7) is 3.88. The minimum absolute atomic E-state index is 0.344. The average Bonchev–Trinajstić information content (AvgIpc) is 2.56. The zero-order valence-corrected chi connectivity index (χ0v) is 13.2. The van der Waals surface area contributed by atoms with E-state index in [1.165, 1.54) is 5.69 Å². The fraction of sp³-hybridized carbons (Fsp3) is 0.312. The third-order valence-electron chi connectivity index (χ3n) is 3.76. The van der Waals surface area contributed by atoms with E-state index in [-0.39, 0.29) is 0 Å². The van der Waals surface area contributed by atoms with Crippen LogP contribution in [0.1, 0.15) is 5.69 Å². The van der Waals surface area contributed by atoms with Gasteiger partial charge >= 0.3 is 0 Å². The first-order chi connectivity index (χ1) is 10.3. The van der Waals surface area contributed by atoms with Crippen LogP contribution in [0.25, 0.3) is 0 Å². The summed E-state index contributed by atoms with van der Waals surface area (Å²) in [6, 6.07) is 14.4. The summed E-state index contributed by atoms with van der Waals surface area (Å²) >= 11 is 11.9. The standard InChI is InChI=1S/C16H17Cl2N3/c17-12-15-14(18)6-7-16(19-15)21-10-8-20(9-11-21)13-4-2-1-3-5-13/h1-7H,8-12H2. The molecule has 0 N–H and O–H groups in total. The molecule has 3 nitrogen and oxygen atoms in total. The second kappa shape index (κ2) is 6.54. The number of hydrogen-bond donors (Lipinski definition) is 0. The number of pyridine rings is 1. The molecule has 1 aromatic carbocycles. The number of para-hydroxylation sites is 1. The van der Waals surface area contributed by atoms with Crippen LogP contribution >= 0.6 is 23.2 Å². The predicted molar refractivity (Wildman–Crippen MR) is 89.7 cm³/mol. The van der Waals surface area contributed by atoms with E-state index >= 15 is 0 Å². The Morgan fingerprint density at radius 2 is 1.57 bits per heavy atom. The molecule has 2 aromatic rings. The number of rotatable bonds is 3. The molecule has 2 heterocycles. The van der Waals surface area contributed by atoms with Gasteiger partial charge in [-0.3, -0.25) is 0 Å². The zero-order valence-electron chi connectivity index (χ0n) is 11.7. The molecular formula is C16H17Cl2N3. The molecule has 1 aliphatic heterocycles. The lowest BCUT2D eigenvalue weighted by molar-refractivity contribution is 0.647. The monoisotopic (exact) mass is 321 g/mol. The van der Waals surface area contributed by atoms with Crippen molar-refractivity contribution in [2.75, 3.05) is 36.0 Å². The summed E-state index contributed by atoms with van der Waals surface area (Å²) in [5.74, 6) is 1.30. The molecular weight excluding hydrogens is 305 g/mol. The van der Waals surface area contributed by atoms with Gasteiger partial charge in [0, 0.05) is 31.9 Å². The number of halogens is 2. The van der Waals surface area contributed by atoms with E-state index in [2.05, 4.69) is 39.0 Å². The SMILES string of the molecule is ClCc1nc(N2CCN(c3ccccc3)CC2)ccc1Cl. The summed E-state index contributed by atoms with van der Waals surface area (Å²) < 4.78 is 0. The van der Waals surface area contributed by atoms with Crippen molar-refractivity contribution in [2.45, 2.75) is 5.88 Å². The second-order valence-corrected chi connectivity index (χ2v) is 5.72. The number of alkyl halides is 1. The normalized spacial score (nSPS) is 15.3. The van der Waals surface area contributed by atoms with Gasteiger partial charge in [0.1, 0.15) is 5.82 Å². The molecule has 0 saturated carbocycles. The van der Waals surface area contributed by atoms with Crippen LogP contribution in [0.5, 0.6) is 0 Å². The van der Waals surface area contributed by atoms with E-state index in [9.17, 15) is 0 Å². The van der Waals surface area contributed by atoms with Crippen LogP contribution in [0.15, 0.2) is 42.5 Å². The zero-order chi connectivity index (χ0) is 14.7. The lowest BCUT2D eigenvalue weighted by Crippen LogP contribution is -2.46. The summed E-state index contributed by atoms with van der Waals surface area (Å²) in [5, 5.41) is 0.636. The van der Waals surface area contributed by atoms with Gasteiger partial charge in [0.05, 0.1) is 16.6 Å². The fourth-order valence-corrected chi connectivity index (χ4v) is 3.02. The summed E-state index contributed by atoms with van der Waals surface area (Å²) in [6.07, 6.45) is 0. The van der Waals surface area contributed by atoms with Gasteiger partial charge in [0.15, 0.2) is 0 Å². The Labute approximate surface area is 135 Å². The molecule has 0 bridgehead atoms. The Kier molecular flexibility index (Phi) is 4.51. The molecule has 21 heavy (non-hydrogen) atoms. The van der Waals surface area contributed by atoms with Crippen LogP contribution < -0.4 is 9.80 Å². The fourth-order valence-electron chi connectivity index (χ4n) is 2.58. The Bertz CT molecular complexity index is 596. The number of anilines is 2. The van der Waals surface area contributed by atoms with Crippen LogP contribution in [0.4, 0.5) is 11.5 Å². The largest absolute Gasteiger partial charge is 0.368 e. The molecule has 0 aliphatic carbocycles. The van der Waals surface area contributed by atoms with Crippen LogP contribution in [0.3, 0.4) is 0 Å². The van der Waals surface area contributed by atoms with Crippen molar-refractivity contribution in [1.82, 2.24) is 4.98 Å². The van der Waals surface area contributed by atoms with Crippen LogP contribution in [0.2, 0.25) is 5.02 Å². The average molecular weight is 322 g/mol. The van der Waals surface area contributed by atoms with Crippen LogP contribution in [-0.4, -0.2) is 31.2 Å². The Balaban J connectivity index is 1.68. The van der Waals surface area contributed by atoms with Crippen molar-refractivity contribution < 1.29 is 0 Å². The quantitative estimate of drug-likeness (QED) is 0.801. The van der Waals surface area contributed by atoms with Crippen molar-refractivity contribution in [2.24, 2.45) is 0 Å². The first-order valence-electron chi connectivity index (χ1n) is 7.04. The molecule has 0 radical (unpaired) electrons. The maximum absolute atomic E-state index is 6.06. The van der Waals surface area contributed by atoms with Gasteiger partial charge in [-0.25, -0.2) is 4.98 Å². The van der Waals surface area contributed by atoms with Gasteiger partial charge in [-0.05, 0) is 24.3 Å². The topological polar surface area (TPSA) is 19.4 Å². The van der Waals surface area contributed by atoms with Crippen molar-refractivity contribution in [3.05, 3.63) is 53.2 Å². The summed E-state index contributed by atoms with van der Waals surface area (Å²) in [4.78, 5) is 9.24. The van der Waals surface area contributed by atoms with Gasteiger partial charge in [0.2, 0.25) is 0 Å². The van der Waals surface area contributed by atoms with E-state index < -0.39 is 0 Å². The molecule has 0 spiro atoms. The van der Waals surface area contributed by atoms with E-state index in [0.717, 1.165) is 37.7 Å². The van der Waals surface area contributed by atoms with Gasteiger partial charge < -0.3 is 9.80 Å². The number of benzene rings is 1. The third-order valence-corrected chi connectivity index (χ3v) is 4.35. The van der Waals surface area contributed by atoms with Gasteiger partial charge in [-0.2, -0.15) is 0 Å². The van der Waals surface area contributed by atoms with Crippen LogP contribution in [-0.2, 0) is 5.88 Å². The molecule has 5 heteroatoms. The first kappa shape index (κ1) is 14.5. The molecule has 0 unspecified atom stereocenters. The van der Waals surface area contributed by atoms with Gasteiger partial charge in [-0.1, -0.05) is 29.8 Å². The minimum atomic E-state index is 0.344. The molecule has 1 aliphatic rings. The molecule has 1 aromatic heterocycles. The Morgan fingerprint density at radius 1 is 0.905 bits per heavy atom. The highest BCUT2D eigenvalue weighted by Crippen LogP contribution is 2.23. The van der Waals surface area contributed by atoms with Crippen molar-refractivity contribution in [3.8, 4) is 0 Å². The Morgan fingerprint density at radius 3 is 2.24 bits per heavy atom. The third kappa shape index (κ3) is 3.25. The summed E-state index contributed by atoms with van der Waals surface area (Å²) in [5.41, 5.74) is 2.03. The van der Waals surface area contributed by atoms with Gasteiger partial charge in [-0.15, -0.1) is 11.6 Å². The van der Waals surface area contributed by atoms with Crippen molar-refractivity contribution >= 4 is 34.7 Å². The predicted octanol–water partition coefficient (Wildman–Crippen LogP) is 3.80. The lowest BCUT2D eigenvalue weighted by Gasteiger charge is -2.36. The van der Waals surface area contributed by atoms with Crippen molar-refractivity contribution in [1.29, 1.82) is 0 Å². The molecule has 0 amide bonds. The highest BCUT2D eigenvalue weighted by Gasteiger charge is 2.18. The highest BCUT2D eigenvalue weighted by molar-refractivity contribution is 6.32. The number of nitrogens with zero attached hydrogens (tertiary/aromatic N) is 3. The molecule has 3 rings (SSSR count). The van der Waals surface area contributed by atoms with E-state index in [1.54, 1.807) is 0 Å². The molecule has 1 fully saturated rings. The highest BCUT2D eigenvalue weighted by atomic mass is 35.5. The molecule has 0 atom stereocenters. The maximum Gasteiger partial charge on any atom is 0.129 e. The number of hydrogen-bond acceptors (Lipinski definition) is 3. The number of aromatic nitrogens is 1. The molecule has 1 saturated heterocycles. The van der Waals surface area contributed by atoms with Crippen LogP contribution in [0, 0.1) is 0 Å². The van der Waals surface area contributed by atoms with Gasteiger partial charge in [0.25, 0.3) is 0 Å². The van der Waals surface area contributed by atoms with Crippen molar-refractivity contribution in [3.63, 3.8) is 0 Å². The lowest BCUT2D eigenvalue weighted by atomic mass is 10.2. The first-order valence-corrected chi connectivity index (χ1v) is 7.95. The smallest absolute Gasteiger partial charge is 0.129 e. The number of piperazine rings is 1. The Hall–Kier alpha value is -1.45.